The summed E-state index contributed by atoms with van der Waals surface area (Å²) in [5.74, 6) is 0.666. The van der Waals surface area contributed by atoms with Crippen molar-refractivity contribution in [3.63, 3.8) is 0 Å². The zero-order chi connectivity index (χ0) is 16.5. The Kier molecular flexibility index (Phi) is 6.88. The second-order valence-corrected chi connectivity index (χ2v) is 5.54. The smallest absolute Gasteiger partial charge is 0.374 e. The molecule has 0 saturated carbocycles. The summed E-state index contributed by atoms with van der Waals surface area (Å²) in [6.07, 6.45) is 2.29. The molecule has 0 aliphatic rings. The maximum Gasteiger partial charge on any atom is 0.374 e. The topological polar surface area (TPSA) is 42.7 Å². The third-order valence-electron chi connectivity index (χ3n) is 3.59. The number of carbonyl (C=O) groups is 1. The molecule has 1 heterocycles. The van der Waals surface area contributed by atoms with Crippen LogP contribution in [0.2, 0.25) is 0 Å². The van der Waals surface area contributed by atoms with Gasteiger partial charge in [0.15, 0.2) is 0 Å². The lowest BCUT2D eigenvalue weighted by atomic mass is 10.2. The molecule has 0 amide bonds. The molecular weight excluding hydrogens is 290 g/mol. The van der Waals surface area contributed by atoms with Crippen LogP contribution in [0, 0.1) is 0 Å². The van der Waals surface area contributed by atoms with E-state index in [0.717, 1.165) is 31.7 Å². The van der Waals surface area contributed by atoms with Crippen LogP contribution in [0.1, 0.15) is 48.6 Å². The predicted octanol–water partition coefficient (Wildman–Crippen LogP) is 4.26. The van der Waals surface area contributed by atoms with Crippen LogP contribution in [0.5, 0.6) is 0 Å². The van der Waals surface area contributed by atoms with Crippen LogP contribution in [0.4, 0.5) is 0 Å². The number of nitrogens with zero attached hydrogens (tertiary/aromatic N) is 1. The lowest BCUT2D eigenvalue weighted by Crippen LogP contribution is -2.23. The Hall–Kier alpha value is -2.07. The maximum atomic E-state index is 11.7. The number of ether oxygens (including phenoxy) is 1. The molecule has 0 spiro atoms. The number of rotatable bonds is 9. The van der Waals surface area contributed by atoms with Gasteiger partial charge in [0.05, 0.1) is 13.2 Å². The van der Waals surface area contributed by atoms with E-state index in [4.69, 9.17) is 9.15 Å². The summed E-state index contributed by atoms with van der Waals surface area (Å²) >= 11 is 0. The quantitative estimate of drug-likeness (QED) is 0.649. The molecule has 0 atom stereocenters. The number of hydrogen-bond donors (Lipinski definition) is 0. The maximum absolute atomic E-state index is 11.7. The third kappa shape index (κ3) is 5.57. The van der Waals surface area contributed by atoms with E-state index in [1.807, 2.05) is 12.1 Å². The van der Waals surface area contributed by atoms with Crippen molar-refractivity contribution in [2.45, 2.75) is 39.8 Å². The molecule has 23 heavy (non-hydrogen) atoms. The summed E-state index contributed by atoms with van der Waals surface area (Å²) in [4.78, 5) is 14.0. The first-order valence-corrected chi connectivity index (χ1v) is 8.25. The number of benzene rings is 1. The highest BCUT2D eigenvalue weighted by molar-refractivity contribution is 5.86. The Labute approximate surface area is 138 Å². The molecular formula is C19H25NO3. The number of furan rings is 1. The van der Waals surface area contributed by atoms with Crippen molar-refractivity contribution in [3.05, 3.63) is 59.5 Å². The molecule has 0 bridgehead atoms. The van der Waals surface area contributed by atoms with Gasteiger partial charge < -0.3 is 9.15 Å². The summed E-state index contributed by atoms with van der Waals surface area (Å²) in [5.41, 5.74) is 1.28. The lowest BCUT2D eigenvalue weighted by molar-refractivity contribution is 0.0486. The van der Waals surface area contributed by atoms with Gasteiger partial charge in [0.25, 0.3) is 0 Å². The molecule has 124 valence electrons. The molecule has 2 aromatic rings. The fraction of sp³-hybridized carbons (Fsp3) is 0.421. The average Bonchev–Trinajstić information content (AvgIpc) is 3.02. The highest BCUT2D eigenvalue weighted by Gasteiger charge is 2.14. The van der Waals surface area contributed by atoms with Crippen molar-refractivity contribution in [1.82, 2.24) is 4.90 Å². The Bertz CT molecular complexity index is 592. The van der Waals surface area contributed by atoms with E-state index in [0.29, 0.717) is 13.2 Å². The fourth-order valence-corrected chi connectivity index (χ4v) is 2.43. The fourth-order valence-electron chi connectivity index (χ4n) is 2.43. The molecule has 1 aromatic carbocycles. The zero-order valence-electron chi connectivity index (χ0n) is 14.0. The van der Waals surface area contributed by atoms with Gasteiger partial charge in [-0.2, -0.15) is 0 Å². The molecule has 0 fully saturated rings. The summed E-state index contributed by atoms with van der Waals surface area (Å²) in [6.45, 7) is 6.89. The van der Waals surface area contributed by atoms with Crippen LogP contribution >= 0.6 is 0 Å². The molecule has 0 aliphatic heterocycles. The molecule has 4 heteroatoms. The Balaban J connectivity index is 2.01. The van der Waals surface area contributed by atoms with Crippen LogP contribution in [-0.4, -0.2) is 24.0 Å². The van der Waals surface area contributed by atoms with Gasteiger partial charge >= 0.3 is 5.97 Å². The van der Waals surface area contributed by atoms with Crippen molar-refractivity contribution in [2.24, 2.45) is 0 Å². The second-order valence-electron chi connectivity index (χ2n) is 5.54. The normalized spacial score (nSPS) is 10.9. The first-order chi connectivity index (χ1) is 11.2. The first-order valence-electron chi connectivity index (χ1n) is 8.25. The van der Waals surface area contributed by atoms with Gasteiger partial charge in [-0.3, -0.25) is 4.90 Å². The van der Waals surface area contributed by atoms with E-state index in [1.54, 1.807) is 13.0 Å². The van der Waals surface area contributed by atoms with Crippen LogP contribution < -0.4 is 0 Å². The van der Waals surface area contributed by atoms with Crippen molar-refractivity contribution < 1.29 is 13.9 Å². The summed E-state index contributed by atoms with van der Waals surface area (Å²) in [7, 11) is 0. The largest absolute Gasteiger partial charge is 0.460 e. The van der Waals surface area contributed by atoms with E-state index in [2.05, 4.69) is 36.1 Å². The minimum absolute atomic E-state index is 0.275. The zero-order valence-corrected chi connectivity index (χ0v) is 14.0. The Morgan fingerprint density at radius 1 is 1.09 bits per heavy atom. The van der Waals surface area contributed by atoms with Crippen LogP contribution in [0.25, 0.3) is 0 Å². The van der Waals surface area contributed by atoms with Crippen molar-refractivity contribution in [1.29, 1.82) is 0 Å². The van der Waals surface area contributed by atoms with Gasteiger partial charge in [0, 0.05) is 6.54 Å². The molecule has 0 radical (unpaired) electrons. The van der Waals surface area contributed by atoms with Gasteiger partial charge in [0.1, 0.15) is 5.76 Å². The van der Waals surface area contributed by atoms with E-state index < -0.39 is 5.97 Å². The lowest BCUT2D eigenvalue weighted by Gasteiger charge is -2.21. The van der Waals surface area contributed by atoms with Gasteiger partial charge in [-0.15, -0.1) is 0 Å². The van der Waals surface area contributed by atoms with Crippen molar-refractivity contribution in [2.75, 3.05) is 13.2 Å². The van der Waals surface area contributed by atoms with E-state index in [1.165, 1.54) is 5.56 Å². The van der Waals surface area contributed by atoms with Crippen molar-refractivity contribution in [3.8, 4) is 0 Å². The molecule has 1 aromatic heterocycles. The Morgan fingerprint density at radius 3 is 2.57 bits per heavy atom. The third-order valence-corrected chi connectivity index (χ3v) is 3.59. The monoisotopic (exact) mass is 315 g/mol. The summed E-state index contributed by atoms with van der Waals surface area (Å²) in [5, 5.41) is 0. The van der Waals surface area contributed by atoms with Gasteiger partial charge in [-0.25, -0.2) is 4.79 Å². The van der Waals surface area contributed by atoms with Crippen LogP contribution in [-0.2, 0) is 17.8 Å². The Morgan fingerprint density at radius 2 is 1.87 bits per heavy atom. The first kappa shape index (κ1) is 17.3. The van der Waals surface area contributed by atoms with Crippen molar-refractivity contribution >= 4 is 5.97 Å². The standard InChI is InChI=1S/C19H25NO3/c1-3-5-13-20(14-16-9-7-6-8-10-16)15-17-11-12-18(23-17)19(21)22-4-2/h6-12H,3-5,13-15H2,1-2H3. The van der Waals surface area contributed by atoms with Crippen LogP contribution in [0.15, 0.2) is 46.9 Å². The van der Waals surface area contributed by atoms with Gasteiger partial charge in [0.2, 0.25) is 5.76 Å². The number of hydrogen-bond acceptors (Lipinski definition) is 4. The minimum Gasteiger partial charge on any atom is -0.460 e. The van der Waals surface area contributed by atoms with Crippen LogP contribution in [0.3, 0.4) is 0 Å². The number of carbonyl (C=O) groups excluding carboxylic acids is 1. The second kappa shape index (κ2) is 9.16. The molecule has 0 unspecified atom stereocenters. The average molecular weight is 315 g/mol. The number of esters is 1. The van der Waals surface area contributed by atoms with Gasteiger partial charge in [-0.05, 0) is 37.6 Å². The summed E-state index contributed by atoms with van der Waals surface area (Å²) in [6, 6.07) is 13.9. The molecule has 4 nitrogen and oxygen atoms in total. The minimum atomic E-state index is -0.401. The highest BCUT2D eigenvalue weighted by atomic mass is 16.5. The van der Waals surface area contributed by atoms with E-state index >= 15 is 0 Å². The molecule has 0 N–H and O–H groups in total. The SMILES string of the molecule is CCCCN(Cc1ccccc1)Cc1ccc(C(=O)OCC)o1. The summed E-state index contributed by atoms with van der Waals surface area (Å²) < 4.78 is 10.6. The number of unbranched alkanes of at least 4 members (excludes halogenated alkanes) is 1. The molecule has 0 aliphatic carbocycles. The van der Waals surface area contributed by atoms with E-state index in [-0.39, 0.29) is 5.76 Å². The molecule has 2 rings (SSSR count). The molecule has 0 saturated heterocycles. The highest BCUT2D eigenvalue weighted by Crippen LogP contribution is 2.15. The van der Waals surface area contributed by atoms with Gasteiger partial charge in [-0.1, -0.05) is 43.7 Å². The van der Waals surface area contributed by atoms with E-state index in [9.17, 15) is 4.79 Å². The predicted molar refractivity (Wildman–Crippen MR) is 90.1 cm³/mol.